The largest absolute Gasteiger partial charge is 0.363 e. The van der Waals surface area contributed by atoms with Crippen LogP contribution in [0.25, 0.3) is 0 Å². The fourth-order valence-electron chi connectivity index (χ4n) is 0.431. The molecule has 0 fully saturated rings. The number of hydrogen-bond acceptors (Lipinski definition) is 3. The fraction of sp³-hybridized carbons (Fsp3) is 0.444. The highest BCUT2D eigenvalue weighted by Crippen LogP contribution is 2.04. The van der Waals surface area contributed by atoms with Crippen molar-refractivity contribution in [3.8, 4) is 6.07 Å². The van der Waals surface area contributed by atoms with Gasteiger partial charge in [-0.25, -0.2) is 0 Å². The van der Waals surface area contributed by atoms with Gasteiger partial charge in [0.05, 0.1) is 11.7 Å². The van der Waals surface area contributed by atoms with Gasteiger partial charge in [0.2, 0.25) is 0 Å². The van der Waals surface area contributed by atoms with Gasteiger partial charge in [-0.3, -0.25) is 0 Å². The summed E-state index contributed by atoms with van der Waals surface area (Å²) in [4.78, 5) is 1.82. The van der Waals surface area contributed by atoms with Gasteiger partial charge in [-0.1, -0.05) is 6.58 Å². The molecule has 0 aromatic carbocycles. The van der Waals surface area contributed by atoms with Crippen molar-refractivity contribution in [2.45, 2.75) is 19.5 Å². The van der Waals surface area contributed by atoms with Crippen molar-refractivity contribution in [3.63, 3.8) is 0 Å². The summed E-state index contributed by atoms with van der Waals surface area (Å²) >= 11 is 0. The molecule has 2 N–H and O–H groups in total. The third kappa shape index (κ3) is 3.79. The van der Waals surface area contributed by atoms with Crippen molar-refractivity contribution in [2.24, 2.45) is 5.73 Å². The predicted molar refractivity (Wildman–Crippen MR) is 49.9 cm³/mol. The van der Waals surface area contributed by atoms with Gasteiger partial charge >= 0.3 is 0 Å². The molecule has 0 aromatic rings. The summed E-state index contributed by atoms with van der Waals surface area (Å²) in [5, 5.41) is 8.40. The summed E-state index contributed by atoms with van der Waals surface area (Å²) in [6.45, 7) is 7.27. The third-order valence-corrected chi connectivity index (χ3v) is 1.55. The van der Waals surface area contributed by atoms with Crippen molar-refractivity contribution in [3.05, 3.63) is 24.4 Å². The van der Waals surface area contributed by atoms with Crippen molar-refractivity contribution in [1.82, 2.24) is 4.90 Å². The Morgan fingerprint density at radius 2 is 2.17 bits per heavy atom. The van der Waals surface area contributed by atoms with Gasteiger partial charge < -0.3 is 10.6 Å². The summed E-state index contributed by atoms with van der Waals surface area (Å²) in [5.41, 5.74) is 5.78. The molecule has 0 spiro atoms. The zero-order chi connectivity index (χ0) is 9.78. The van der Waals surface area contributed by atoms with E-state index in [9.17, 15) is 0 Å². The minimum absolute atomic E-state index is 0.410. The lowest BCUT2D eigenvalue weighted by atomic mass is 10.2. The molecular formula is C9H15N3. The Hall–Kier alpha value is -1.27. The molecule has 0 unspecified atom stereocenters. The lowest BCUT2D eigenvalue weighted by molar-refractivity contribution is 0.233. The van der Waals surface area contributed by atoms with Crippen molar-refractivity contribution in [1.29, 1.82) is 5.26 Å². The molecule has 0 aromatic heterocycles. The van der Waals surface area contributed by atoms with E-state index in [0.717, 1.165) is 0 Å². The van der Waals surface area contributed by atoms with E-state index < -0.39 is 5.66 Å². The maximum atomic E-state index is 8.40. The summed E-state index contributed by atoms with van der Waals surface area (Å²) in [7, 11) is 1.85. The predicted octanol–water partition coefficient (Wildman–Crippen LogP) is 1.21. The molecule has 0 rings (SSSR count). The van der Waals surface area contributed by atoms with E-state index in [-0.39, 0.29) is 0 Å². The Kier molecular flexibility index (Phi) is 3.52. The quantitative estimate of drug-likeness (QED) is 0.388. The van der Waals surface area contributed by atoms with E-state index in [0.29, 0.717) is 5.57 Å². The molecule has 66 valence electrons. The number of nitrogens with two attached hydrogens (primary N) is 1. The molecular weight excluding hydrogens is 150 g/mol. The smallest absolute Gasteiger partial charge is 0.0985 e. The maximum Gasteiger partial charge on any atom is 0.0985 e. The monoisotopic (exact) mass is 165 g/mol. The zero-order valence-corrected chi connectivity index (χ0v) is 7.83. The minimum Gasteiger partial charge on any atom is -0.363 e. The Morgan fingerprint density at radius 1 is 1.67 bits per heavy atom. The van der Waals surface area contributed by atoms with E-state index in [1.54, 1.807) is 12.3 Å². The Labute approximate surface area is 73.8 Å². The number of hydrogen-bond donors (Lipinski definition) is 1. The highest BCUT2D eigenvalue weighted by Gasteiger charge is 2.12. The van der Waals surface area contributed by atoms with Gasteiger partial charge in [-0.2, -0.15) is 5.26 Å². The van der Waals surface area contributed by atoms with Crippen molar-refractivity contribution >= 4 is 0 Å². The van der Waals surface area contributed by atoms with Crippen LogP contribution in [0.4, 0.5) is 0 Å². The first-order chi connectivity index (χ1) is 5.38. The van der Waals surface area contributed by atoms with Crippen LogP contribution in [0, 0.1) is 11.3 Å². The van der Waals surface area contributed by atoms with E-state index in [2.05, 4.69) is 6.58 Å². The second-order valence-electron chi connectivity index (χ2n) is 3.22. The van der Waals surface area contributed by atoms with Crippen LogP contribution in [0.2, 0.25) is 0 Å². The van der Waals surface area contributed by atoms with Gasteiger partial charge in [0, 0.05) is 18.8 Å². The van der Waals surface area contributed by atoms with Gasteiger partial charge in [-0.05, 0) is 19.9 Å². The highest BCUT2D eigenvalue weighted by atomic mass is 15.2. The van der Waals surface area contributed by atoms with Gasteiger partial charge in [-0.15, -0.1) is 0 Å². The van der Waals surface area contributed by atoms with Crippen LogP contribution in [0.15, 0.2) is 24.4 Å². The first-order valence-electron chi connectivity index (χ1n) is 3.67. The lowest BCUT2D eigenvalue weighted by Gasteiger charge is -2.30. The maximum absolute atomic E-state index is 8.40. The molecule has 0 aliphatic rings. The van der Waals surface area contributed by atoms with Crippen LogP contribution in [-0.2, 0) is 0 Å². The Balaban J connectivity index is 4.21. The first-order valence-corrected chi connectivity index (χ1v) is 3.67. The second kappa shape index (κ2) is 3.93. The average Bonchev–Trinajstić information content (AvgIpc) is 1.97. The molecule has 0 bridgehead atoms. The fourth-order valence-corrected chi connectivity index (χ4v) is 0.431. The molecule has 0 radical (unpaired) electrons. The topological polar surface area (TPSA) is 53.0 Å². The molecule has 0 aliphatic heterocycles. The van der Waals surface area contributed by atoms with E-state index in [1.165, 1.54) is 0 Å². The minimum atomic E-state index is -0.410. The number of rotatable bonds is 3. The molecule has 0 saturated heterocycles. The van der Waals surface area contributed by atoms with E-state index >= 15 is 0 Å². The Morgan fingerprint density at radius 3 is 2.50 bits per heavy atom. The molecule has 0 heterocycles. The summed E-state index contributed by atoms with van der Waals surface area (Å²) in [6.07, 6.45) is 3.38. The third-order valence-electron chi connectivity index (χ3n) is 1.55. The van der Waals surface area contributed by atoms with Crippen LogP contribution >= 0.6 is 0 Å². The molecule has 0 saturated carbocycles. The van der Waals surface area contributed by atoms with Crippen molar-refractivity contribution in [2.75, 3.05) is 7.05 Å². The van der Waals surface area contributed by atoms with Crippen molar-refractivity contribution < 1.29 is 0 Å². The number of nitrogens with zero attached hydrogens (tertiary/aromatic N) is 2. The van der Waals surface area contributed by atoms with E-state index in [1.807, 2.05) is 31.9 Å². The van der Waals surface area contributed by atoms with Gasteiger partial charge in [0.15, 0.2) is 0 Å². The molecule has 0 amide bonds. The molecule has 3 heteroatoms. The Bertz CT molecular complexity index is 227. The second-order valence-corrected chi connectivity index (χ2v) is 3.22. The van der Waals surface area contributed by atoms with Crippen LogP contribution in [0.3, 0.4) is 0 Å². The molecule has 12 heavy (non-hydrogen) atoms. The number of allylic oxidation sites excluding steroid dienone is 2. The average molecular weight is 165 g/mol. The standard InChI is InChI=1S/C9H15N3/c1-8(7-10)5-6-12(4)9(2,3)11/h5-6H,1,11H2,2-4H3/b6-5-. The zero-order valence-electron chi connectivity index (χ0n) is 7.83. The normalized spacial score (nSPS) is 11.2. The summed E-state index contributed by atoms with van der Waals surface area (Å²) in [5.74, 6) is 0. The van der Waals surface area contributed by atoms with Crippen LogP contribution in [0.5, 0.6) is 0 Å². The van der Waals surface area contributed by atoms with Crippen LogP contribution in [-0.4, -0.2) is 17.6 Å². The summed E-state index contributed by atoms with van der Waals surface area (Å²) < 4.78 is 0. The molecule has 0 aliphatic carbocycles. The van der Waals surface area contributed by atoms with Crippen LogP contribution in [0.1, 0.15) is 13.8 Å². The lowest BCUT2D eigenvalue weighted by Crippen LogP contribution is -2.45. The highest BCUT2D eigenvalue weighted by molar-refractivity contribution is 5.28. The SMILES string of the molecule is C=C(C#N)/C=C\N(C)C(C)(C)N. The molecule has 0 atom stereocenters. The van der Waals surface area contributed by atoms with E-state index in [4.69, 9.17) is 11.0 Å². The number of nitriles is 1. The van der Waals surface area contributed by atoms with Gasteiger partial charge in [0.25, 0.3) is 0 Å². The summed E-state index contributed by atoms with van der Waals surface area (Å²) in [6, 6.07) is 1.92. The van der Waals surface area contributed by atoms with Gasteiger partial charge in [0.1, 0.15) is 0 Å². The van der Waals surface area contributed by atoms with Crippen LogP contribution < -0.4 is 5.73 Å². The molecule has 3 nitrogen and oxygen atoms in total. The first kappa shape index (κ1) is 10.7.